The Labute approximate surface area is 142 Å². The van der Waals surface area contributed by atoms with Crippen LogP contribution in [-0.4, -0.2) is 54.1 Å². The minimum Gasteiger partial charge on any atom is -0.391 e. The fourth-order valence-electron chi connectivity index (χ4n) is 2.37. The third-order valence-corrected chi connectivity index (χ3v) is 4.01. The second kappa shape index (κ2) is 8.04. The number of nitrogens with one attached hydrogen (secondary N) is 3. The molecule has 10 heteroatoms. The van der Waals surface area contributed by atoms with Crippen LogP contribution in [0, 0.1) is 16.0 Å². The van der Waals surface area contributed by atoms with Crippen LogP contribution in [0.4, 0.5) is 5.69 Å². The van der Waals surface area contributed by atoms with Crippen molar-refractivity contribution in [3.63, 3.8) is 0 Å². The number of carbonyl (C=O) groups excluding carboxylic acids is 2. The van der Waals surface area contributed by atoms with Crippen LogP contribution in [0.3, 0.4) is 0 Å². The first-order valence-corrected chi connectivity index (χ1v) is 7.64. The molecule has 0 radical (unpaired) electrons. The van der Waals surface area contributed by atoms with Crippen molar-refractivity contribution in [3.8, 4) is 0 Å². The van der Waals surface area contributed by atoms with Crippen LogP contribution in [0.2, 0.25) is 5.02 Å². The van der Waals surface area contributed by atoms with E-state index in [-0.39, 0.29) is 29.6 Å². The minimum atomic E-state index is -0.801. The van der Waals surface area contributed by atoms with Gasteiger partial charge in [0, 0.05) is 31.6 Å². The molecule has 1 aromatic rings. The molecular weight excluding hydrogens is 340 g/mol. The Morgan fingerprint density at radius 3 is 2.75 bits per heavy atom. The van der Waals surface area contributed by atoms with Gasteiger partial charge in [0.25, 0.3) is 11.6 Å². The Balaban J connectivity index is 1.89. The van der Waals surface area contributed by atoms with E-state index in [1.54, 1.807) is 0 Å². The Hall–Kier alpha value is -2.23. The zero-order valence-corrected chi connectivity index (χ0v) is 13.4. The second-order valence-corrected chi connectivity index (χ2v) is 5.77. The normalized spacial score (nSPS) is 19.8. The molecule has 9 nitrogen and oxygen atoms in total. The highest BCUT2D eigenvalue weighted by atomic mass is 35.5. The number of carbonyl (C=O) groups is 2. The van der Waals surface area contributed by atoms with Crippen molar-refractivity contribution in [3.05, 3.63) is 38.9 Å². The van der Waals surface area contributed by atoms with Gasteiger partial charge >= 0.3 is 0 Å². The molecule has 0 aromatic heterocycles. The first-order valence-electron chi connectivity index (χ1n) is 7.26. The van der Waals surface area contributed by atoms with Crippen LogP contribution in [0.25, 0.3) is 0 Å². The number of aliphatic hydroxyl groups is 1. The summed E-state index contributed by atoms with van der Waals surface area (Å²) in [5.41, 5.74) is -0.715. The molecule has 2 unspecified atom stereocenters. The lowest BCUT2D eigenvalue weighted by molar-refractivity contribution is -0.385. The molecule has 1 fully saturated rings. The summed E-state index contributed by atoms with van der Waals surface area (Å²) in [5, 5.41) is 28.4. The molecule has 0 spiro atoms. The van der Waals surface area contributed by atoms with Gasteiger partial charge in [0.2, 0.25) is 5.91 Å². The number of hydrogen-bond acceptors (Lipinski definition) is 6. The molecular formula is C14H17ClN4O5. The smallest absolute Gasteiger partial charge is 0.283 e. The molecule has 24 heavy (non-hydrogen) atoms. The lowest BCUT2D eigenvalue weighted by Crippen LogP contribution is -2.40. The van der Waals surface area contributed by atoms with Crippen molar-refractivity contribution in [1.82, 2.24) is 16.0 Å². The number of halogens is 1. The Morgan fingerprint density at radius 1 is 1.38 bits per heavy atom. The van der Waals surface area contributed by atoms with Gasteiger partial charge in [-0.15, -0.1) is 0 Å². The summed E-state index contributed by atoms with van der Waals surface area (Å²) >= 11 is 5.85. The molecule has 2 rings (SSSR count). The second-order valence-electron chi connectivity index (χ2n) is 5.36. The number of nitro benzene ring substituents is 1. The molecule has 1 aliphatic rings. The molecule has 0 aliphatic carbocycles. The predicted octanol–water partition coefficient (Wildman–Crippen LogP) is -0.325. The van der Waals surface area contributed by atoms with E-state index in [9.17, 15) is 24.8 Å². The summed E-state index contributed by atoms with van der Waals surface area (Å²) in [6.07, 6.45) is -0.523. The zero-order valence-electron chi connectivity index (χ0n) is 12.6. The van der Waals surface area contributed by atoms with Gasteiger partial charge in [-0.1, -0.05) is 17.7 Å². The highest BCUT2D eigenvalue weighted by molar-refractivity contribution is 6.34. The molecule has 1 aliphatic heterocycles. The predicted molar refractivity (Wildman–Crippen MR) is 85.8 cm³/mol. The van der Waals surface area contributed by atoms with E-state index >= 15 is 0 Å². The zero-order chi connectivity index (χ0) is 17.7. The summed E-state index contributed by atoms with van der Waals surface area (Å²) in [4.78, 5) is 34.1. The van der Waals surface area contributed by atoms with Crippen LogP contribution in [0.5, 0.6) is 0 Å². The largest absolute Gasteiger partial charge is 0.391 e. The monoisotopic (exact) mass is 356 g/mol. The number of benzene rings is 1. The van der Waals surface area contributed by atoms with E-state index in [4.69, 9.17) is 11.6 Å². The number of amides is 2. The molecule has 1 heterocycles. The van der Waals surface area contributed by atoms with Gasteiger partial charge in [0.1, 0.15) is 5.56 Å². The van der Waals surface area contributed by atoms with Gasteiger partial charge in [0.05, 0.1) is 22.6 Å². The van der Waals surface area contributed by atoms with Crippen molar-refractivity contribution < 1.29 is 19.6 Å². The first-order chi connectivity index (χ1) is 11.4. The van der Waals surface area contributed by atoms with E-state index in [1.165, 1.54) is 12.1 Å². The van der Waals surface area contributed by atoms with Crippen LogP contribution < -0.4 is 16.0 Å². The van der Waals surface area contributed by atoms with E-state index in [1.807, 2.05) is 0 Å². The minimum absolute atomic E-state index is 0.0674. The van der Waals surface area contributed by atoms with Crippen molar-refractivity contribution in [1.29, 1.82) is 0 Å². The molecule has 1 saturated heterocycles. The highest BCUT2D eigenvalue weighted by Gasteiger charge is 2.26. The fraction of sp³-hybridized carbons (Fsp3) is 0.429. The first kappa shape index (κ1) is 18.1. The van der Waals surface area contributed by atoms with Gasteiger partial charge in [-0.05, 0) is 6.07 Å². The topological polar surface area (TPSA) is 134 Å². The molecule has 2 amide bonds. The van der Waals surface area contributed by atoms with Crippen LogP contribution in [0.1, 0.15) is 10.4 Å². The quantitative estimate of drug-likeness (QED) is 0.407. The van der Waals surface area contributed by atoms with E-state index in [0.29, 0.717) is 13.1 Å². The van der Waals surface area contributed by atoms with Gasteiger partial charge in [-0.3, -0.25) is 19.7 Å². The van der Waals surface area contributed by atoms with Gasteiger partial charge in [-0.2, -0.15) is 0 Å². The maximum absolute atomic E-state index is 12.1. The number of rotatable bonds is 6. The van der Waals surface area contributed by atoms with Crippen molar-refractivity contribution in [2.45, 2.75) is 6.10 Å². The summed E-state index contributed by atoms with van der Waals surface area (Å²) in [6, 6.07) is 3.89. The van der Waals surface area contributed by atoms with Gasteiger partial charge in [-0.25, -0.2) is 0 Å². The Kier molecular flexibility index (Phi) is 6.07. The summed E-state index contributed by atoms with van der Waals surface area (Å²) < 4.78 is 0. The van der Waals surface area contributed by atoms with E-state index in [2.05, 4.69) is 16.0 Å². The number of nitrogens with zero attached hydrogens (tertiary/aromatic N) is 1. The molecule has 1 aromatic carbocycles. The molecule has 4 N–H and O–H groups in total. The fourth-order valence-corrected chi connectivity index (χ4v) is 2.63. The number of nitro groups is 1. The van der Waals surface area contributed by atoms with Crippen LogP contribution >= 0.6 is 11.6 Å². The maximum atomic E-state index is 12.1. The summed E-state index contributed by atoms with van der Waals surface area (Å²) in [6.45, 7) is 1.000. The Bertz CT molecular complexity index is 654. The van der Waals surface area contributed by atoms with Crippen molar-refractivity contribution in [2.75, 3.05) is 26.2 Å². The molecule has 0 bridgehead atoms. The summed E-state index contributed by atoms with van der Waals surface area (Å²) in [7, 11) is 0. The third-order valence-electron chi connectivity index (χ3n) is 3.69. The van der Waals surface area contributed by atoms with Gasteiger partial charge < -0.3 is 21.1 Å². The van der Waals surface area contributed by atoms with Crippen LogP contribution in [-0.2, 0) is 4.79 Å². The average molecular weight is 357 g/mol. The van der Waals surface area contributed by atoms with Crippen molar-refractivity contribution >= 4 is 29.1 Å². The average Bonchev–Trinajstić information content (AvgIpc) is 2.95. The highest BCUT2D eigenvalue weighted by Crippen LogP contribution is 2.25. The summed E-state index contributed by atoms with van der Waals surface area (Å²) in [5.74, 6) is -1.35. The number of β-amino-alcohol motifs (C(OH)–C–C–N with tert-alkyl or cyclic N) is 1. The molecule has 0 saturated carbocycles. The SMILES string of the molecule is O=C(CNC(=O)c1c(Cl)cccc1[N+](=O)[O-])NCC1CNCC1O. The lowest BCUT2D eigenvalue weighted by Gasteiger charge is -2.14. The third kappa shape index (κ3) is 4.40. The van der Waals surface area contributed by atoms with E-state index in [0.717, 1.165) is 6.07 Å². The lowest BCUT2D eigenvalue weighted by atomic mass is 10.1. The molecule has 130 valence electrons. The standard InChI is InChI=1S/C14H17ClN4O5/c15-9-2-1-3-10(19(23)24)13(9)14(22)18-7-12(21)17-5-8-4-16-6-11(8)20/h1-3,8,11,16,20H,4-7H2,(H,17,21)(H,18,22). The van der Waals surface area contributed by atoms with Crippen LogP contribution in [0.15, 0.2) is 18.2 Å². The van der Waals surface area contributed by atoms with E-state index < -0.39 is 28.5 Å². The molecule has 2 atom stereocenters. The number of hydrogen-bond donors (Lipinski definition) is 4. The van der Waals surface area contributed by atoms with Crippen molar-refractivity contribution in [2.24, 2.45) is 5.92 Å². The Morgan fingerprint density at radius 2 is 2.12 bits per heavy atom. The number of aliphatic hydroxyl groups excluding tert-OH is 1. The maximum Gasteiger partial charge on any atom is 0.283 e. The van der Waals surface area contributed by atoms with Gasteiger partial charge in [0.15, 0.2) is 0 Å².